The van der Waals surface area contributed by atoms with Gasteiger partial charge < -0.3 is 14.8 Å². The molecule has 0 radical (unpaired) electrons. The van der Waals surface area contributed by atoms with Crippen molar-refractivity contribution in [2.24, 2.45) is 0 Å². The SMILES string of the molecule is Brc1cnc2c(NCc3ccc4c(c3)OCO4)nccn12. The third-order valence-corrected chi connectivity index (χ3v) is 3.87. The van der Waals surface area contributed by atoms with Gasteiger partial charge in [0.05, 0.1) is 6.20 Å². The smallest absolute Gasteiger partial charge is 0.231 e. The largest absolute Gasteiger partial charge is 0.454 e. The fourth-order valence-electron chi connectivity index (χ4n) is 2.25. The Morgan fingerprint density at radius 2 is 2.14 bits per heavy atom. The molecule has 0 fully saturated rings. The number of fused-ring (bicyclic) bond motifs is 2. The maximum atomic E-state index is 5.38. The first-order valence-electron chi connectivity index (χ1n) is 6.41. The second-order valence-corrected chi connectivity index (χ2v) is 5.40. The summed E-state index contributed by atoms with van der Waals surface area (Å²) < 4.78 is 13.5. The van der Waals surface area contributed by atoms with Crippen molar-refractivity contribution >= 4 is 27.4 Å². The number of hydrogen-bond acceptors (Lipinski definition) is 5. The molecule has 1 aliphatic rings. The van der Waals surface area contributed by atoms with Crippen LogP contribution in [0.15, 0.2) is 41.4 Å². The van der Waals surface area contributed by atoms with Gasteiger partial charge in [-0.3, -0.25) is 4.40 Å². The molecule has 0 bridgehead atoms. The highest BCUT2D eigenvalue weighted by atomic mass is 79.9. The van der Waals surface area contributed by atoms with Crippen LogP contribution >= 0.6 is 15.9 Å². The fraction of sp³-hybridized carbons (Fsp3) is 0.143. The van der Waals surface area contributed by atoms with E-state index < -0.39 is 0 Å². The zero-order valence-corrected chi connectivity index (χ0v) is 12.5. The van der Waals surface area contributed by atoms with Crippen molar-refractivity contribution in [1.82, 2.24) is 14.4 Å². The van der Waals surface area contributed by atoms with E-state index >= 15 is 0 Å². The molecule has 3 heterocycles. The highest BCUT2D eigenvalue weighted by molar-refractivity contribution is 9.10. The Balaban J connectivity index is 1.58. The summed E-state index contributed by atoms with van der Waals surface area (Å²) in [5, 5.41) is 3.30. The molecule has 0 aliphatic carbocycles. The molecular formula is C14H11BrN4O2. The number of halogens is 1. The van der Waals surface area contributed by atoms with Gasteiger partial charge >= 0.3 is 0 Å². The Hall–Kier alpha value is -2.28. The second-order valence-electron chi connectivity index (χ2n) is 4.59. The molecule has 6 nitrogen and oxygen atoms in total. The normalized spacial score (nSPS) is 12.8. The third-order valence-electron chi connectivity index (χ3n) is 3.28. The summed E-state index contributed by atoms with van der Waals surface area (Å²) in [7, 11) is 0. The molecule has 7 heteroatoms. The number of ether oxygens (including phenoxy) is 2. The number of anilines is 1. The van der Waals surface area contributed by atoms with Crippen molar-refractivity contribution in [3.63, 3.8) is 0 Å². The highest BCUT2D eigenvalue weighted by Gasteiger charge is 2.13. The van der Waals surface area contributed by atoms with Gasteiger partial charge in [-0.05, 0) is 33.6 Å². The van der Waals surface area contributed by atoms with Crippen molar-refractivity contribution in [3.8, 4) is 11.5 Å². The Morgan fingerprint density at radius 1 is 1.24 bits per heavy atom. The summed E-state index contributed by atoms with van der Waals surface area (Å²) in [6.07, 6.45) is 5.35. The lowest BCUT2D eigenvalue weighted by atomic mass is 10.2. The highest BCUT2D eigenvalue weighted by Crippen LogP contribution is 2.32. The van der Waals surface area contributed by atoms with E-state index in [0.717, 1.165) is 33.1 Å². The summed E-state index contributed by atoms with van der Waals surface area (Å²) in [5.74, 6) is 2.31. The molecule has 0 saturated carbocycles. The minimum atomic E-state index is 0.287. The maximum absolute atomic E-state index is 5.38. The zero-order chi connectivity index (χ0) is 14.2. The van der Waals surface area contributed by atoms with E-state index in [2.05, 4.69) is 31.2 Å². The number of imidazole rings is 1. The van der Waals surface area contributed by atoms with Gasteiger partial charge in [0.25, 0.3) is 0 Å². The molecule has 2 aromatic heterocycles. The van der Waals surface area contributed by atoms with Crippen LogP contribution in [0.25, 0.3) is 5.65 Å². The molecule has 1 aliphatic heterocycles. The average Bonchev–Trinajstić information content (AvgIpc) is 3.12. The van der Waals surface area contributed by atoms with E-state index in [-0.39, 0.29) is 6.79 Å². The minimum absolute atomic E-state index is 0.287. The van der Waals surface area contributed by atoms with Gasteiger partial charge in [-0.25, -0.2) is 9.97 Å². The first kappa shape index (κ1) is 12.5. The van der Waals surface area contributed by atoms with Gasteiger partial charge in [-0.2, -0.15) is 0 Å². The van der Waals surface area contributed by atoms with Crippen molar-refractivity contribution < 1.29 is 9.47 Å². The molecule has 0 atom stereocenters. The van der Waals surface area contributed by atoms with Crippen LogP contribution < -0.4 is 14.8 Å². The van der Waals surface area contributed by atoms with Gasteiger partial charge in [-0.1, -0.05) is 6.07 Å². The number of nitrogens with one attached hydrogen (secondary N) is 1. The monoisotopic (exact) mass is 346 g/mol. The maximum Gasteiger partial charge on any atom is 0.231 e. The summed E-state index contributed by atoms with van der Waals surface area (Å²) in [6.45, 7) is 0.920. The lowest BCUT2D eigenvalue weighted by molar-refractivity contribution is 0.174. The molecule has 0 saturated heterocycles. The van der Waals surface area contributed by atoms with E-state index in [1.54, 1.807) is 12.4 Å². The number of nitrogens with zero attached hydrogens (tertiary/aromatic N) is 3. The van der Waals surface area contributed by atoms with Crippen LogP contribution in [-0.4, -0.2) is 21.2 Å². The number of hydrogen-bond donors (Lipinski definition) is 1. The molecule has 1 N–H and O–H groups in total. The Morgan fingerprint density at radius 3 is 3.10 bits per heavy atom. The summed E-state index contributed by atoms with van der Waals surface area (Å²) in [4.78, 5) is 8.67. The first-order chi connectivity index (χ1) is 10.3. The second kappa shape index (κ2) is 4.92. The predicted octanol–water partition coefficient (Wildman–Crippen LogP) is 2.83. The predicted molar refractivity (Wildman–Crippen MR) is 80.6 cm³/mol. The van der Waals surface area contributed by atoms with E-state index in [4.69, 9.17) is 9.47 Å². The van der Waals surface area contributed by atoms with Gasteiger partial charge in [0, 0.05) is 18.9 Å². The van der Waals surface area contributed by atoms with Crippen molar-refractivity contribution in [2.75, 3.05) is 12.1 Å². The van der Waals surface area contributed by atoms with Crippen molar-refractivity contribution in [1.29, 1.82) is 0 Å². The summed E-state index contributed by atoms with van der Waals surface area (Å²) in [5.41, 5.74) is 1.87. The van der Waals surface area contributed by atoms with Crippen LogP contribution in [0.3, 0.4) is 0 Å². The van der Waals surface area contributed by atoms with Crippen LogP contribution in [-0.2, 0) is 6.54 Å². The van der Waals surface area contributed by atoms with E-state index in [1.165, 1.54) is 0 Å². The van der Waals surface area contributed by atoms with Gasteiger partial charge in [-0.15, -0.1) is 0 Å². The summed E-state index contributed by atoms with van der Waals surface area (Å²) in [6, 6.07) is 5.89. The molecular weight excluding hydrogens is 336 g/mol. The molecule has 1 aromatic carbocycles. The average molecular weight is 347 g/mol. The molecule has 4 rings (SSSR count). The third kappa shape index (κ3) is 2.19. The molecule has 106 valence electrons. The van der Waals surface area contributed by atoms with Crippen LogP contribution in [0.4, 0.5) is 5.82 Å². The van der Waals surface area contributed by atoms with Crippen molar-refractivity contribution in [2.45, 2.75) is 6.54 Å². The van der Waals surface area contributed by atoms with Gasteiger partial charge in [0.1, 0.15) is 4.60 Å². The summed E-state index contributed by atoms with van der Waals surface area (Å²) >= 11 is 3.45. The Kier molecular flexibility index (Phi) is 2.92. The topological polar surface area (TPSA) is 60.7 Å². The Labute approximate surface area is 128 Å². The Bertz CT molecular complexity index is 818. The quantitative estimate of drug-likeness (QED) is 0.790. The number of aromatic nitrogens is 3. The van der Waals surface area contributed by atoms with Crippen LogP contribution in [0.5, 0.6) is 11.5 Å². The minimum Gasteiger partial charge on any atom is -0.454 e. The number of benzene rings is 1. The van der Waals surface area contributed by atoms with E-state index in [0.29, 0.717) is 6.54 Å². The van der Waals surface area contributed by atoms with Crippen molar-refractivity contribution in [3.05, 3.63) is 47.0 Å². The molecule has 21 heavy (non-hydrogen) atoms. The first-order valence-corrected chi connectivity index (χ1v) is 7.20. The molecule has 0 spiro atoms. The van der Waals surface area contributed by atoms with Crippen LogP contribution in [0.1, 0.15) is 5.56 Å². The van der Waals surface area contributed by atoms with Crippen LogP contribution in [0, 0.1) is 0 Å². The lowest BCUT2D eigenvalue weighted by Crippen LogP contribution is -2.03. The van der Waals surface area contributed by atoms with Gasteiger partial charge in [0.15, 0.2) is 23.0 Å². The molecule has 0 unspecified atom stereocenters. The van der Waals surface area contributed by atoms with Gasteiger partial charge in [0.2, 0.25) is 6.79 Å². The standard InChI is InChI=1S/C14H11BrN4O2/c15-12-7-18-14-13(16-3-4-19(12)14)17-6-9-1-2-10-11(5-9)21-8-20-10/h1-5,7H,6,8H2,(H,16,17). The molecule has 3 aromatic rings. The van der Waals surface area contributed by atoms with E-state index in [1.807, 2.05) is 28.8 Å². The van der Waals surface area contributed by atoms with E-state index in [9.17, 15) is 0 Å². The zero-order valence-electron chi connectivity index (χ0n) is 10.9. The van der Waals surface area contributed by atoms with Crippen LogP contribution in [0.2, 0.25) is 0 Å². The lowest BCUT2D eigenvalue weighted by Gasteiger charge is -2.07. The fourth-order valence-corrected chi connectivity index (χ4v) is 2.64. The number of rotatable bonds is 3. The molecule has 0 amide bonds.